The van der Waals surface area contributed by atoms with Crippen molar-refractivity contribution in [2.45, 2.75) is 24.9 Å². The van der Waals surface area contributed by atoms with Gasteiger partial charge in [-0.25, -0.2) is 0 Å². The van der Waals surface area contributed by atoms with Crippen LogP contribution in [0, 0.1) is 0 Å². The molecule has 1 aromatic rings. The van der Waals surface area contributed by atoms with Crippen molar-refractivity contribution in [2.75, 3.05) is 26.3 Å². The van der Waals surface area contributed by atoms with Crippen LogP contribution in [0.3, 0.4) is 0 Å². The lowest BCUT2D eigenvalue weighted by Crippen LogP contribution is -2.55. The van der Waals surface area contributed by atoms with E-state index in [0.717, 1.165) is 17.7 Å². The van der Waals surface area contributed by atoms with E-state index in [9.17, 15) is 9.59 Å². The molecule has 0 spiro atoms. The van der Waals surface area contributed by atoms with Crippen LogP contribution in [0.4, 0.5) is 0 Å². The number of hydrogen-bond donors (Lipinski definition) is 1. The number of carbonyl (C=O) groups excluding carboxylic acids is 2. The van der Waals surface area contributed by atoms with Crippen LogP contribution in [0.2, 0.25) is 0 Å². The normalized spacial score (nSPS) is 23.5. The van der Waals surface area contributed by atoms with Gasteiger partial charge in [0.1, 0.15) is 6.04 Å². The molecule has 20 heavy (non-hydrogen) atoms. The summed E-state index contributed by atoms with van der Waals surface area (Å²) < 4.78 is 5.40. The second-order valence-electron chi connectivity index (χ2n) is 5.24. The predicted octanol–water partition coefficient (Wildman–Crippen LogP) is 0.910. The molecule has 2 heterocycles. The average molecular weight is 294 g/mol. The molecule has 6 heteroatoms. The topological polar surface area (TPSA) is 58.6 Å². The van der Waals surface area contributed by atoms with Crippen LogP contribution in [0.15, 0.2) is 17.5 Å². The van der Waals surface area contributed by atoms with Gasteiger partial charge < -0.3 is 10.1 Å². The molecule has 0 bridgehead atoms. The summed E-state index contributed by atoms with van der Waals surface area (Å²) in [5.41, 5.74) is 0. The largest absolute Gasteiger partial charge is 0.378 e. The first-order valence-electron chi connectivity index (χ1n) is 6.93. The van der Waals surface area contributed by atoms with E-state index in [1.807, 2.05) is 22.4 Å². The summed E-state index contributed by atoms with van der Waals surface area (Å²) >= 11 is 1.44. The molecule has 1 atom stereocenters. The highest BCUT2D eigenvalue weighted by molar-refractivity contribution is 7.12. The molecule has 1 N–H and O–H groups in total. The van der Waals surface area contributed by atoms with E-state index in [1.54, 1.807) is 0 Å². The number of rotatable bonds is 5. The van der Waals surface area contributed by atoms with Gasteiger partial charge in [0.15, 0.2) is 5.78 Å². The van der Waals surface area contributed by atoms with Gasteiger partial charge in [-0.15, -0.1) is 11.3 Å². The third kappa shape index (κ3) is 3.26. The lowest BCUT2D eigenvalue weighted by atomic mass is 10.2. The zero-order chi connectivity index (χ0) is 13.9. The zero-order valence-electron chi connectivity index (χ0n) is 11.2. The number of amides is 1. The van der Waals surface area contributed by atoms with Crippen LogP contribution in [-0.4, -0.2) is 55.0 Å². The summed E-state index contributed by atoms with van der Waals surface area (Å²) in [7, 11) is 0. The fourth-order valence-corrected chi connectivity index (χ4v) is 2.95. The van der Waals surface area contributed by atoms with Crippen LogP contribution in [0.25, 0.3) is 0 Å². The number of carbonyl (C=O) groups is 2. The van der Waals surface area contributed by atoms with Crippen LogP contribution in [0.5, 0.6) is 0 Å². The fraction of sp³-hybridized carbons (Fsp3) is 0.571. The third-order valence-corrected chi connectivity index (χ3v) is 4.52. The molecule has 1 aliphatic heterocycles. The highest BCUT2D eigenvalue weighted by Crippen LogP contribution is 2.20. The Labute approximate surface area is 121 Å². The van der Waals surface area contributed by atoms with E-state index >= 15 is 0 Å². The third-order valence-electron chi connectivity index (χ3n) is 3.61. The summed E-state index contributed by atoms with van der Waals surface area (Å²) in [5.74, 6) is 0.0669. The van der Waals surface area contributed by atoms with E-state index in [-0.39, 0.29) is 24.3 Å². The van der Waals surface area contributed by atoms with Gasteiger partial charge in [0.2, 0.25) is 5.91 Å². The van der Waals surface area contributed by atoms with Crippen molar-refractivity contribution in [1.82, 2.24) is 10.2 Å². The molecular formula is C14H18N2O3S. The number of hydrogen-bond acceptors (Lipinski definition) is 5. The molecule has 0 radical (unpaired) electrons. The number of thiophene rings is 1. The standard InChI is InChI=1S/C14H18N2O3S/c17-12(13-2-1-7-20-13)8-16-5-6-19-9-11(16)14(18)15-10-3-4-10/h1-2,7,10-11H,3-6,8-9H2,(H,15,18). The summed E-state index contributed by atoms with van der Waals surface area (Å²) in [4.78, 5) is 27.0. The van der Waals surface area contributed by atoms with Gasteiger partial charge in [-0.05, 0) is 24.3 Å². The zero-order valence-corrected chi connectivity index (χ0v) is 12.0. The van der Waals surface area contributed by atoms with Crippen molar-refractivity contribution in [1.29, 1.82) is 0 Å². The van der Waals surface area contributed by atoms with E-state index in [2.05, 4.69) is 5.32 Å². The summed E-state index contributed by atoms with van der Waals surface area (Å²) in [5, 5.41) is 4.88. The van der Waals surface area contributed by atoms with E-state index in [4.69, 9.17) is 4.74 Å². The Hall–Kier alpha value is -1.24. The first-order valence-corrected chi connectivity index (χ1v) is 7.81. The summed E-state index contributed by atoms with van der Waals surface area (Å²) in [6, 6.07) is 3.69. The molecule has 2 fully saturated rings. The maximum absolute atomic E-state index is 12.2. The van der Waals surface area contributed by atoms with Gasteiger partial charge in [0, 0.05) is 12.6 Å². The molecule has 1 aromatic heterocycles. The minimum atomic E-state index is -0.340. The number of ketones is 1. The SMILES string of the molecule is O=C(CN1CCOCC1C(=O)NC1CC1)c1cccs1. The van der Waals surface area contributed by atoms with Crippen molar-refractivity contribution in [3.8, 4) is 0 Å². The average Bonchev–Trinajstić information content (AvgIpc) is 3.08. The summed E-state index contributed by atoms with van der Waals surface area (Å²) in [6.07, 6.45) is 2.13. The van der Waals surface area contributed by atoms with Crippen molar-refractivity contribution in [3.63, 3.8) is 0 Å². The fourth-order valence-electron chi connectivity index (χ4n) is 2.29. The highest BCUT2D eigenvalue weighted by atomic mass is 32.1. The van der Waals surface area contributed by atoms with Crippen LogP contribution in [-0.2, 0) is 9.53 Å². The second-order valence-corrected chi connectivity index (χ2v) is 6.19. The van der Waals surface area contributed by atoms with Crippen LogP contribution >= 0.6 is 11.3 Å². The lowest BCUT2D eigenvalue weighted by molar-refractivity contribution is -0.132. The Balaban J connectivity index is 1.62. The monoisotopic (exact) mass is 294 g/mol. The maximum atomic E-state index is 12.2. The Morgan fingerprint density at radius 1 is 1.45 bits per heavy atom. The van der Waals surface area contributed by atoms with Gasteiger partial charge in [0.05, 0.1) is 24.6 Å². The molecule has 1 aliphatic carbocycles. The first-order chi connectivity index (χ1) is 9.74. The van der Waals surface area contributed by atoms with E-state index < -0.39 is 0 Å². The Kier molecular flexibility index (Phi) is 4.14. The van der Waals surface area contributed by atoms with Gasteiger partial charge in [0.25, 0.3) is 0 Å². The molecule has 0 aromatic carbocycles. The number of nitrogens with zero attached hydrogens (tertiary/aromatic N) is 1. The number of Topliss-reactive ketones (excluding diaryl/α,β-unsaturated/α-hetero) is 1. The van der Waals surface area contributed by atoms with Crippen LogP contribution < -0.4 is 5.32 Å². The second kappa shape index (κ2) is 6.03. The van der Waals surface area contributed by atoms with E-state index in [0.29, 0.717) is 25.8 Å². The highest BCUT2D eigenvalue weighted by Gasteiger charge is 2.34. The molecule has 1 unspecified atom stereocenters. The van der Waals surface area contributed by atoms with Gasteiger partial charge in [-0.3, -0.25) is 14.5 Å². The molecule has 2 aliphatic rings. The molecule has 5 nitrogen and oxygen atoms in total. The predicted molar refractivity (Wildman–Crippen MR) is 76.0 cm³/mol. The van der Waals surface area contributed by atoms with Crippen molar-refractivity contribution < 1.29 is 14.3 Å². The Bertz CT molecular complexity index is 485. The van der Waals surface area contributed by atoms with Crippen molar-refractivity contribution >= 4 is 23.0 Å². The molecule has 1 saturated carbocycles. The smallest absolute Gasteiger partial charge is 0.239 e. The van der Waals surface area contributed by atoms with Crippen molar-refractivity contribution in [2.24, 2.45) is 0 Å². The molecular weight excluding hydrogens is 276 g/mol. The van der Waals surface area contributed by atoms with Gasteiger partial charge in [-0.2, -0.15) is 0 Å². The number of nitrogens with one attached hydrogen (secondary N) is 1. The van der Waals surface area contributed by atoms with Crippen molar-refractivity contribution in [3.05, 3.63) is 22.4 Å². The Morgan fingerprint density at radius 3 is 3.00 bits per heavy atom. The molecule has 108 valence electrons. The first kappa shape index (κ1) is 13.7. The van der Waals surface area contributed by atoms with E-state index in [1.165, 1.54) is 11.3 Å². The molecule has 1 amide bonds. The van der Waals surface area contributed by atoms with Gasteiger partial charge >= 0.3 is 0 Å². The quantitative estimate of drug-likeness (QED) is 0.820. The Morgan fingerprint density at radius 2 is 2.30 bits per heavy atom. The maximum Gasteiger partial charge on any atom is 0.239 e. The minimum absolute atomic E-state index is 0.00817. The number of ether oxygens (including phenoxy) is 1. The van der Waals surface area contributed by atoms with Crippen LogP contribution in [0.1, 0.15) is 22.5 Å². The molecule has 3 rings (SSSR count). The molecule has 1 saturated heterocycles. The lowest BCUT2D eigenvalue weighted by Gasteiger charge is -2.33. The number of morpholine rings is 1. The minimum Gasteiger partial charge on any atom is -0.378 e. The van der Waals surface area contributed by atoms with Gasteiger partial charge in [-0.1, -0.05) is 6.07 Å². The summed E-state index contributed by atoms with van der Waals surface area (Å²) in [6.45, 7) is 1.85.